The average Bonchev–Trinajstić information content (AvgIpc) is 3.13. The number of aliphatic hydroxyl groups excluding tert-OH is 1. The molecular formula is C28H38O6. The van der Waals surface area contributed by atoms with E-state index in [1.165, 1.54) is 0 Å². The summed E-state index contributed by atoms with van der Waals surface area (Å²) in [6.07, 6.45) is 7.75. The number of carbonyl (C=O) groups is 2. The number of ketones is 1. The first-order chi connectivity index (χ1) is 16.0. The molecule has 4 aliphatic carbocycles. The van der Waals surface area contributed by atoms with Crippen LogP contribution in [0.2, 0.25) is 0 Å². The number of carbonyl (C=O) groups excluding carboxylic acids is 2. The smallest absolute Gasteiger partial charge is 0.336 e. The standard InChI is InChI=1S/C28H38O6/c1-15-24(31)34-21-13-26(15,3)33-14-17(21)19-8-7-18-16-12-23(30)28(32)10-5-6-22(29)27(28,4)20(16)9-11-25(18,19)2/h5-6,16-21,23,30,32H,1,7-14H2,2-4H3/t16-,17-,18-,19+,20+,21+,23+,25-,26+,27-,28-/m0/s1. The van der Waals surface area contributed by atoms with Gasteiger partial charge in [-0.05, 0) is 87.5 Å². The fourth-order valence-corrected chi connectivity index (χ4v) is 9.58. The number of ether oxygens (including phenoxy) is 2. The first-order valence-electron chi connectivity index (χ1n) is 13.1. The van der Waals surface area contributed by atoms with Gasteiger partial charge in [-0.2, -0.15) is 0 Å². The van der Waals surface area contributed by atoms with Crippen LogP contribution in [0.15, 0.2) is 24.3 Å². The Morgan fingerprint density at radius 2 is 1.76 bits per heavy atom. The van der Waals surface area contributed by atoms with E-state index in [0.717, 1.165) is 25.7 Å². The summed E-state index contributed by atoms with van der Waals surface area (Å²) in [6.45, 7) is 10.7. The van der Waals surface area contributed by atoms with Crippen LogP contribution in [0.3, 0.4) is 0 Å². The number of allylic oxidation sites excluding steroid dienone is 1. The van der Waals surface area contributed by atoms with Crippen molar-refractivity contribution in [2.75, 3.05) is 6.61 Å². The molecule has 0 spiro atoms. The number of hydrogen-bond acceptors (Lipinski definition) is 6. The predicted octanol–water partition coefficient (Wildman–Crippen LogP) is 3.35. The highest BCUT2D eigenvalue weighted by Gasteiger charge is 2.69. The minimum Gasteiger partial charge on any atom is -0.458 e. The third-order valence-corrected chi connectivity index (χ3v) is 11.7. The maximum Gasteiger partial charge on any atom is 0.336 e. The summed E-state index contributed by atoms with van der Waals surface area (Å²) in [6, 6.07) is 0. The van der Waals surface area contributed by atoms with Gasteiger partial charge in [0.05, 0.1) is 23.7 Å². The fourth-order valence-electron chi connectivity index (χ4n) is 9.58. The molecule has 6 rings (SSSR count). The summed E-state index contributed by atoms with van der Waals surface area (Å²) in [5.41, 5.74) is -2.51. The third-order valence-electron chi connectivity index (χ3n) is 11.7. The molecule has 11 atom stereocenters. The minimum atomic E-state index is -1.38. The molecule has 6 aliphatic rings. The summed E-state index contributed by atoms with van der Waals surface area (Å²) in [7, 11) is 0. The summed E-state index contributed by atoms with van der Waals surface area (Å²) in [4.78, 5) is 25.7. The van der Waals surface area contributed by atoms with E-state index in [1.807, 2.05) is 13.8 Å². The number of hydrogen-bond donors (Lipinski definition) is 2. The molecule has 0 amide bonds. The van der Waals surface area contributed by atoms with Crippen molar-refractivity contribution < 1.29 is 29.3 Å². The number of rotatable bonds is 1. The van der Waals surface area contributed by atoms with Crippen LogP contribution in [0.5, 0.6) is 0 Å². The first kappa shape index (κ1) is 22.9. The van der Waals surface area contributed by atoms with Gasteiger partial charge < -0.3 is 19.7 Å². The molecule has 2 saturated heterocycles. The van der Waals surface area contributed by atoms with Gasteiger partial charge in [-0.25, -0.2) is 4.79 Å². The second kappa shape index (κ2) is 7.04. The van der Waals surface area contributed by atoms with Crippen molar-refractivity contribution in [3.63, 3.8) is 0 Å². The Morgan fingerprint density at radius 3 is 2.50 bits per heavy atom. The van der Waals surface area contributed by atoms with Crippen molar-refractivity contribution in [2.24, 2.45) is 40.4 Å². The maximum atomic E-state index is 13.2. The highest BCUT2D eigenvalue weighted by atomic mass is 16.6. The second-order valence-corrected chi connectivity index (χ2v) is 12.8. The second-order valence-electron chi connectivity index (χ2n) is 12.8. The van der Waals surface area contributed by atoms with Crippen LogP contribution < -0.4 is 0 Å². The largest absolute Gasteiger partial charge is 0.458 e. The third kappa shape index (κ3) is 2.63. The van der Waals surface area contributed by atoms with Crippen LogP contribution in [-0.2, 0) is 19.1 Å². The lowest BCUT2D eigenvalue weighted by molar-refractivity contribution is -0.234. The van der Waals surface area contributed by atoms with Crippen LogP contribution in [0.25, 0.3) is 0 Å². The predicted molar refractivity (Wildman–Crippen MR) is 124 cm³/mol. The lowest BCUT2D eigenvalue weighted by Crippen LogP contribution is -2.69. The number of fused-ring (bicyclic) bond motifs is 7. The van der Waals surface area contributed by atoms with Gasteiger partial charge in [0, 0.05) is 12.3 Å². The molecule has 6 nitrogen and oxygen atoms in total. The van der Waals surface area contributed by atoms with Gasteiger partial charge in [-0.15, -0.1) is 0 Å². The van der Waals surface area contributed by atoms with Crippen LogP contribution in [0.4, 0.5) is 0 Å². The first-order valence-corrected chi connectivity index (χ1v) is 13.1. The Morgan fingerprint density at radius 1 is 1.06 bits per heavy atom. The Labute approximate surface area is 201 Å². The lowest BCUT2D eigenvalue weighted by atomic mass is 9.42. The molecule has 0 aromatic rings. The molecule has 0 radical (unpaired) electrons. The van der Waals surface area contributed by atoms with E-state index in [4.69, 9.17) is 9.47 Å². The molecule has 0 aromatic carbocycles. The van der Waals surface area contributed by atoms with E-state index in [-0.39, 0.29) is 41.0 Å². The van der Waals surface area contributed by atoms with E-state index in [0.29, 0.717) is 43.3 Å². The van der Waals surface area contributed by atoms with Crippen molar-refractivity contribution in [3.8, 4) is 0 Å². The molecule has 5 fully saturated rings. The minimum absolute atomic E-state index is 0.0306. The summed E-state index contributed by atoms with van der Waals surface area (Å²) >= 11 is 0. The number of aliphatic hydroxyl groups is 2. The van der Waals surface area contributed by atoms with Gasteiger partial charge >= 0.3 is 5.97 Å². The summed E-state index contributed by atoms with van der Waals surface area (Å²) < 4.78 is 12.2. The van der Waals surface area contributed by atoms with Gasteiger partial charge in [0.15, 0.2) is 5.78 Å². The number of esters is 1. The van der Waals surface area contributed by atoms with Crippen molar-refractivity contribution in [1.82, 2.24) is 0 Å². The molecule has 0 unspecified atom stereocenters. The van der Waals surface area contributed by atoms with Gasteiger partial charge in [0.2, 0.25) is 0 Å². The Balaban J connectivity index is 1.30. The Kier molecular flexibility index (Phi) is 4.75. The van der Waals surface area contributed by atoms with Crippen LogP contribution in [0, 0.1) is 40.4 Å². The van der Waals surface area contributed by atoms with E-state index < -0.39 is 22.7 Å². The molecule has 2 heterocycles. The Hall–Kier alpha value is -1.50. The van der Waals surface area contributed by atoms with Gasteiger partial charge in [0.1, 0.15) is 17.3 Å². The van der Waals surface area contributed by atoms with Gasteiger partial charge in [-0.1, -0.05) is 19.6 Å². The molecular weight excluding hydrogens is 432 g/mol. The summed E-state index contributed by atoms with van der Waals surface area (Å²) in [5.74, 6) is 0.769. The highest BCUT2D eigenvalue weighted by molar-refractivity contribution is 5.97. The zero-order valence-corrected chi connectivity index (χ0v) is 20.6. The van der Waals surface area contributed by atoms with E-state index >= 15 is 0 Å². The highest BCUT2D eigenvalue weighted by Crippen LogP contribution is 2.68. The molecule has 2 aliphatic heterocycles. The lowest BCUT2D eigenvalue weighted by Gasteiger charge is -2.63. The molecule has 3 saturated carbocycles. The normalized spacial score (nSPS) is 56.4. The van der Waals surface area contributed by atoms with Crippen molar-refractivity contribution in [3.05, 3.63) is 24.3 Å². The van der Waals surface area contributed by atoms with E-state index in [9.17, 15) is 19.8 Å². The monoisotopic (exact) mass is 470 g/mol. The SMILES string of the molecule is C=C1C(=O)O[C@@H]2C[C@@]1(C)OC[C@H]2[C@H]1CC[C@H]2[C@@H]3C[C@@H](O)[C@@]4(O)CC=CC(=O)[C@]4(C)[C@@H]3CC[C@]12C. The molecule has 0 aromatic heterocycles. The van der Waals surface area contributed by atoms with E-state index in [2.05, 4.69) is 13.5 Å². The van der Waals surface area contributed by atoms with Crippen LogP contribution in [-0.4, -0.2) is 52.0 Å². The average molecular weight is 471 g/mol. The molecule has 6 heteroatoms. The van der Waals surface area contributed by atoms with Crippen LogP contribution >= 0.6 is 0 Å². The molecule has 34 heavy (non-hydrogen) atoms. The topological polar surface area (TPSA) is 93.1 Å². The van der Waals surface area contributed by atoms with Crippen LogP contribution in [0.1, 0.15) is 65.7 Å². The van der Waals surface area contributed by atoms with Gasteiger partial charge in [0.25, 0.3) is 0 Å². The van der Waals surface area contributed by atoms with Crippen molar-refractivity contribution in [2.45, 2.75) is 89.1 Å². The molecule has 186 valence electrons. The maximum absolute atomic E-state index is 13.2. The van der Waals surface area contributed by atoms with Crippen molar-refractivity contribution in [1.29, 1.82) is 0 Å². The summed E-state index contributed by atoms with van der Waals surface area (Å²) in [5, 5.41) is 22.7. The zero-order valence-electron chi connectivity index (χ0n) is 20.6. The molecule has 2 bridgehead atoms. The molecule has 2 N–H and O–H groups in total. The zero-order chi connectivity index (χ0) is 24.3. The van der Waals surface area contributed by atoms with Crippen molar-refractivity contribution >= 4 is 11.8 Å². The quantitative estimate of drug-likeness (QED) is 0.451. The van der Waals surface area contributed by atoms with Gasteiger partial charge in [-0.3, -0.25) is 4.79 Å². The van der Waals surface area contributed by atoms with E-state index in [1.54, 1.807) is 12.2 Å². The fraction of sp³-hybridized carbons (Fsp3) is 0.786. The Bertz CT molecular complexity index is 987.